The second-order valence-electron chi connectivity index (χ2n) is 9.42. The summed E-state index contributed by atoms with van der Waals surface area (Å²) >= 11 is 12.9. The fourth-order valence-electron chi connectivity index (χ4n) is 4.50. The number of rotatable bonds is 11. The van der Waals surface area contributed by atoms with Crippen molar-refractivity contribution < 1.29 is 27.5 Å². The molecule has 3 aromatic rings. The van der Waals surface area contributed by atoms with E-state index >= 15 is 0 Å². The van der Waals surface area contributed by atoms with Crippen molar-refractivity contribution in [2.45, 2.75) is 25.9 Å². The van der Waals surface area contributed by atoms with E-state index in [4.69, 9.17) is 32.7 Å². The SMILES string of the molecule is CCNC(=O)[C@@H](Cc1ccccc1)N(Cc1c(Cl)cccc1Cl)C(=O)CN(c1ccc2c(c1)OCCO2)S(C)(=O)=O. The van der Waals surface area contributed by atoms with Gasteiger partial charge in [0.2, 0.25) is 21.8 Å². The van der Waals surface area contributed by atoms with Gasteiger partial charge in [0.05, 0.1) is 11.9 Å². The van der Waals surface area contributed by atoms with Crippen molar-refractivity contribution >= 4 is 50.7 Å². The van der Waals surface area contributed by atoms with Crippen LogP contribution in [0, 0.1) is 0 Å². The molecule has 0 fully saturated rings. The van der Waals surface area contributed by atoms with Crippen LogP contribution in [0.2, 0.25) is 10.0 Å². The van der Waals surface area contributed by atoms with Gasteiger partial charge in [-0.1, -0.05) is 59.6 Å². The quantitative estimate of drug-likeness (QED) is 0.343. The molecule has 218 valence electrons. The van der Waals surface area contributed by atoms with Crippen LogP contribution in [-0.2, 0) is 32.6 Å². The summed E-state index contributed by atoms with van der Waals surface area (Å²) in [5.41, 5.74) is 1.48. The van der Waals surface area contributed by atoms with Crippen LogP contribution >= 0.6 is 23.2 Å². The molecule has 0 bridgehead atoms. The Balaban J connectivity index is 1.75. The third-order valence-corrected chi connectivity index (χ3v) is 8.35. The smallest absolute Gasteiger partial charge is 0.244 e. The predicted molar refractivity (Wildman–Crippen MR) is 159 cm³/mol. The number of benzene rings is 3. The van der Waals surface area contributed by atoms with Crippen molar-refractivity contribution in [2.24, 2.45) is 0 Å². The van der Waals surface area contributed by atoms with Crippen molar-refractivity contribution in [2.75, 3.05) is 36.9 Å². The van der Waals surface area contributed by atoms with Gasteiger partial charge in [-0.25, -0.2) is 8.42 Å². The largest absolute Gasteiger partial charge is 0.486 e. The van der Waals surface area contributed by atoms with Crippen molar-refractivity contribution in [1.29, 1.82) is 0 Å². The molecule has 1 aliphatic heterocycles. The molecule has 41 heavy (non-hydrogen) atoms. The van der Waals surface area contributed by atoms with Gasteiger partial charge in [0.1, 0.15) is 25.8 Å². The summed E-state index contributed by atoms with van der Waals surface area (Å²) in [5, 5.41) is 3.44. The van der Waals surface area contributed by atoms with Gasteiger partial charge in [0, 0.05) is 41.2 Å². The number of carbonyl (C=O) groups excluding carboxylic acids is 2. The van der Waals surface area contributed by atoms with Gasteiger partial charge >= 0.3 is 0 Å². The minimum atomic E-state index is -3.94. The monoisotopic (exact) mass is 619 g/mol. The first kappa shape index (κ1) is 30.5. The summed E-state index contributed by atoms with van der Waals surface area (Å²) in [5.74, 6) is -0.153. The number of nitrogens with zero attached hydrogens (tertiary/aromatic N) is 2. The fraction of sp³-hybridized carbons (Fsp3) is 0.310. The van der Waals surface area contributed by atoms with E-state index in [1.54, 1.807) is 37.3 Å². The average Bonchev–Trinajstić information content (AvgIpc) is 2.94. The highest BCUT2D eigenvalue weighted by atomic mass is 35.5. The van der Waals surface area contributed by atoms with Gasteiger partial charge in [0.25, 0.3) is 0 Å². The lowest BCUT2D eigenvalue weighted by atomic mass is 10.0. The van der Waals surface area contributed by atoms with Crippen LogP contribution < -0.4 is 19.1 Å². The van der Waals surface area contributed by atoms with Crippen LogP contribution in [0.1, 0.15) is 18.1 Å². The predicted octanol–water partition coefficient (Wildman–Crippen LogP) is 4.31. The zero-order valence-corrected chi connectivity index (χ0v) is 25.0. The van der Waals surface area contributed by atoms with Crippen LogP contribution in [0.25, 0.3) is 0 Å². The molecule has 2 amide bonds. The van der Waals surface area contributed by atoms with Crippen molar-refractivity contribution in [3.05, 3.63) is 87.9 Å². The molecule has 0 saturated carbocycles. The van der Waals surface area contributed by atoms with Crippen LogP contribution in [0.5, 0.6) is 11.5 Å². The molecule has 0 radical (unpaired) electrons. The molecule has 1 aliphatic rings. The Kier molecular flexibility index (Phi) is 10.0. The molecule has 0 aromatic heterocycles. The number of fused-ring (bicyclic) bond motifs is 1. The molecule has 0 aliphatic carbocycles. The second kappa shape index (κ2) is 13.5. The first-order valence-electron chi connectivity index (χ1n) is 13.0. The number of likely N-dealkylation sites (N-methyl/N-ethyl adjacent to an activating group) is 1. The Bertz CT molecular complexity index is 1480. The van der Waals surface area contributed by atoms with Gasteiger partial charge in [-0.15, -0.1) is 0 Å². The van der Waals surface area contributed by atoms with Gasteiger partial charge in [-0.3, -0.25) is 13.9 Å². The average molecular weight is 621 g/mol. The molecule has 1 atom stereocenters. The maximum atomic E-state index is 14.1. The highest BCUT2D eigenvalue weighted by molar-refractivity contribution is 7.92. The lowest BCUT2D eigenvalue weighted by Gasteiger charge is -2.34. The third kappa shape index (κ3) is 7.63. The number of amides is 2. The van der Waals surface area contributed by atoms with Crippen molar-refractivity contribution in [3.63, 3.8) is 0 Å². The number of carbonyl (C=O) groups is 2. The minimum absolute atomic E-state index is 0.120. The molecule has 0 unspecified atom stereocenters. The zero-order valence-electron chi connectivity index (χ0n) is 22.7. The van der Waals surface area contributed by atoms with E-state index in [0.29, 0.717) is 46.9 Å². The molecule has 0 spiro atoms. The maximum Gasteiger partial charge on any atom is 0.244 e. The lowest BCUT2D eigenvalue weighted by molar-refractivity contribution is -0.140. The van der Waals surface area contributed by atoms with Crippen molar-refractivity contribution in [3.8, 4) is 11.5 Å². The highest BCUT2D eigenvalue weighted by Crippen LogP contribution is 2.35. The second-order valence-corrected chi connectivity index (χ2v) is 12.1. The molecular formula is C29H31Cl2N3O6S. The number of hydrogen-bond donors (Lipinski definition) is 1. The van der Waals surface area contributed by atoms with E-state index in [1.165, 1.54) is 11.0 Å². The minimum Gasteiger partial charge on any atom is -0.486 e. The van der Waals surface area contributed by atoms with E-state index in [2.05, 4.69) is 5.32 Å². The van der Waals surface area contributed by atoms with E-state index in [0.717, 1.165) is 16.1 Å². The van der Waals surface area contributed by atoms with E-state index in [9.17, 15) is 18.0 Å². The van der Waals surface area contributed by atoms with Crippen LogP contribution in [0.4, 0.5) is 5.69 Å². The number of anilines is 1. The van der Waals surface area contributed by atoms with Crippen molar-refractivity contribution in [1.82, 2.24) is 10.2 Å². The standard InChI is InChI=1S/C29H31Cl2N3O6S/c1-3-32-29(36)25(16-20-8-5-4-6-9-20)33(18-22-23(30)10-7-11-24(22)31)28(35)19-34(41(2,37)38)21-12-13-26-27(17-21)40-15-14-39-26/h4-13,17,25H,3,14-16,18-19H2,1-2H3,(H,32,36)/t25-/m1/s1. The zero-order chi connectivity index (χ0) is 29.6. The molecule has 4 rings (SSSR count). The van der Waals surface area contributed by atoms with E-state index in [1.807, 2.05) is 30.3 Å². The first-order chi connectivity index (χ1) is 19.6. The number of hydrogen-bond acceptors (Lipinski definition) is 6. The van der Waals surface area contributed by atoms with E-state index in [-0.39, 0.29) is 18.7 Å². The number of halogens is 2. The molecule has 0 saturated heterocycles. The van der Waals surface area contributed by atoms with Crippen LogP contribution in [0.3, 0.4) is 0 Å². The van der Waals surface area contributed by atoms with Gasteiger partial charge in [-0.2, -0.15) is 0 Å². The maximum absolute atomic E-state index is 14.1. The van der Waals surface area contributed by atoms with E-state index < -0.39 is 34.4 Å². The highest BCUT2D eigenvalue weighted by Gasteiger charge is 2.34. The topological polar surface area (TPSA) is 105 Å². The Morgan fingerprint density at radius 1 is 0.951 bits per heavy atom. The Morgan fingerprint density at radius 2 is 1.61 bits per heavy atom. The number of nitrogens with one attached hydrogen (secondary N) is 1. The summed E-state index contributed by atoms with van der Waals surface area (Å²) < 4.78 is 38.1. The van der Waals surface area contributed by atoms with Gasteiger partial charge < -0.3 is 19.7 Å². The van der Waals surface area contributed by atoms with Gasteiger partial charge in [-0.05, 0) is 36.8 Å². The molecule has 1 heterocycles. The Labute approximate surface area is 250 Å². The number of sulfonamides is 1. The molecule has 3 aromatic carbocycles. The third-order valence-electron chi connectivity index (χ3n) is 6.51. The Morgan fingerprint density at radius 3 is 2.24 bits per heavy atom. The first-order valence-corrected chi connectivity index (χ1v) is 15.6. The molecule has 9 nitrogen and oxygen atoms in total. The molecule has 12 heteroatoms. The summed E-state index contributed by atoms with van der Waals surface area (Å²) in [4.78, 5) is 28.9. The van der Waals surface area contributed by atoms with Gasteiger partial charge in [0.15, 0.2) is 11.5 Å². The Hall–Kier alpha value is -3.47. The fourth-order valence-corrected chi connectivity index (χ4v) is 5.86. The summed E-state index contributed by atoms with van der Waals surface area (Å²) in [6.45, 7) is 2.11. The summed E-state index contributed by atoms with van der Waals surface area (Å²) in [7, 11) is -3.94. The van der Waals surface area contributed by atoms with Crippen LogP contribution in [-0.4, -0.2) is 63.7 Å². The molecular weight excluding hydrogens is 589 g/mol. The molecule has 1 N–H and O–H groups in total. The number of ether oxygens (including phenoxy) is 2. The summed E-state index contributed by atoms with van der Waals surface area (Å²) in [6, 6.07) is 17.9. The van der Waals surface area contributed by atoms with Crippen LogP contribution in [0.15, 0.2) is 66.7 Å². The lowest BCUT2D eigenvalue weighted by Crippen LogP contribution is -2.53. The summed E-state index contributed by atoms with van der Waals surface area (Å²) in [6.07, 6.45) is 1.20. The normalized spacial score (nSPS) is 13.3.